The van der Waals surface area contributed by atoms with Crippen LogP contribution >= 0.6 is 0 Å². The number of sulfonamides is 1. The Labute approximate surface area is 129 Å². The van der Waals surface area contributed by atoms with Crippen LogP contribution in [0.1, 0.15) is 24.5 Å². The van der Waals surface area contributed by atoms with Gasteiger partial charge in [0, 0.05) is 25.1 Å². The molecule has 22 heavy (non-hydrogen) atoms. The van der Waals surface area contributed by atoms with Crippen LogP contribution in [0.4, 0.5) is 0 Å². The molecule has 7 heteroatoms. The topological polar surface area (TPSA) is 72.6 Å². The van der Waals surface area contributed by atoms with Gasteiger partial charge in [0.15, 0.2) is 0 Å². The van der Waals surface area contributed by atoms with Crippen molar-refractivity contribution >= 4 is 10.0 Å². The van der Waals surface area contributed by atoms with Crippen molar-refractivity contribution in [2.75, 3.05) is 20.2 Å². The van der Waals surface area contributed by atoms with E-state index < -0.39 is 10.0 Å². The average Bonchev–Trinajstić information content (AvgIpc) is 3.05. The van der Waals surface area contributed by atoms with Crippen molar-refractivity contribution in [1.82, 2.24) is 9.46 Å². The maximum absolute atomic E-state index is 12.6. The van der Waals surface area contributed by atoms with Crippen LogP contribution < -0.4 is 4.74 Å². The standard InChI is InChI=1S/C15H18N2O4S/c1-20-15-11-14(21-16-15)12-7-9-17(10-8-12)22(18,19)13-5-3-2-4-6-13/h2-6,11-12H,7-10H2,1H3. The summed E-state index contributed by atoms with van der Waals surface area (Å²) in [6.07, 6.45) is 1.43. The third-order valence-corrected chi connectivity index (χ3v) is 5.87. The first-order chi connectivity index (χ1) is 10.6. The molecule has 0 spiro atoms. The highest BCUT2D eigenvalue weighted by Crippen LogP contribution is 2.32. The van der Waals surface area contributed by atoms with Gasteiger partial charge in [0.05, 0.1) is 12.0 Å². The van der Waals surface area contributed by atoms with Gasteiger partial charge >= 0.3 is 0 Å². The van der Waals surface area contributed by atoms with Crippen LogP contribution in [0.25, 0.3) is 0 Å². The summed E-state index contributed by atoms with van der Waals surface area (Å²) in [6.45, 7) is 0.954. The predicted molar refractivity (Wildman–Crippen MR) is 80.2 cm³/mol. The fraction of sp³-hybridized carbons (Fsp3) is 0.400. The molecule has 1 aliphatic heterocycles. The van der Waals surface area contributed by atoms with Gasteiger partial charge in [-0.2, -0.15) is 4.31 Å². The Morgan fingerprint density at radius 3 is 2.50 bits per heavy atom. The molecule has 2 aromatic rings. The molecule has 0 saturated carbocycles. The van der Waals surface area contributed by atoms with Gasteiger partial charge in [-0.15, -0.1) is 0 Å². The molecule has 1 aliphatic rings. The highest BCUT2D eigenvalue weighted by Gasteiger charge is 2.31. The van der Waals surface area contributed by atoms with Gasteiger partial charge in [-0.1, -0.05) is 18.2 Å². The van der Waals surface area contributed by atoms with Gasteiger partial charge < -0.3 is 9.26 Å². The van der Waals surface area contributed by atoms with Gasteiger partial charge in [-0.05, 0) is 30.1 Å². The van der Waals surface area contributed by atoms with Gasteiger partial charge in [0.25, 0.3) is 5.88 Å². The molecule has 0 bridgehead atoms. The van der Waals surface area contributed by atoms with Crippen LogP contribution in [-0.2, 0) is 10.0 Å². The molecule has 1 saturated heterocycles. The molecule has 0 amide bonds. The van der Waals surface area contributed by atoms with Crippen LogP contribution in [0.5, 0.6) is 5.88 Å². The number of hydrogen-bond donors (Lipinski definition) is 0. The summed E-state index contributed by atoms with van der Waals surface area (Å²) in [5.41, 5.74) is 0. The van der Waals surface area contributed by atoms with Crippen LogP contribution in [0, 0.1) is 0 Å². The van der Waals surface area contributed by atoms with Crippen molar-refractivity contribution in [3.05, 3.63) is 42.2 Å². The lowest BCUT2D eigenvalue weighted by Gasteiger charge is -2.29. The number of rotatable bonds is 4. The largest absolute Gasteiger partial charge is 0.479 e. The molecule has 1 fully saturated rings. The minimum atomic E-state index is -3.40. The molecular formula is C15H18N2O4S. The highest BCUT2D eigenvalue weighted by atomic mass is 32.2. The summed E-state index contributed by atoms with van der Waals surface area (Å²) in [7, 11) is -1.87. The Hall–Kier alpha value is -1.86. The van der Waals surface area contributed by atoms with Crippen molar-refractivity contribution in [2.45, 2.75) is 23.7 Å². The van der Waals surface area contributed by atoms with Gasteiger partial charge in [-0.25, -0.2) is 8.42 Å². The second-order valence-corrected chi connectivity index (χ2v) is 7.20. The molecular weight excluding hydrogens is 304 g/mol. The smallest absolute Gasteiger partial charge is 0.254 e. The van der Waals surface area contributed by atoms with E-state index >= 15 is 0 Å². The van der Waals surface area contributed by atoms with E-state index in [1.54, 1.807) is 30.3 Å². The van der Waals surface area contributed by atoms with E-state index in [-0.39, 0.29) is 5.92 Å². The first kappa shape index (κ1) is 15.1. The Kier molecular flexibility index (Phi) is 4.17. The van der Waals surface area contributed by atoms with E-state index in [0.717, 1.165) is 5.76 Å². The molecule has 6 nitrogen and oxygen atoms in total. The summed E-state index contributed by atoms with van der Waals surface area (Å²) in [4.78, 5) is 0.342. The molecule has 1 aromatic carbocycles. The maximum Gasteiger partial charge on any atom is 0.254 e. The Morgan fingerprint density at radius 2 is 1.91 bits per heavy atom. The maximum atomic E-state index is 12.6. The summed E-state index contributed by atoms with van der Waals surface area (Å²) in [6, 6.07) is 10.3. The molecule has 3 rings (SSSR count). The van der Waals surface area contributed by atoms with E-state index in [4.69, 9.17) is 9.26 Å². The molecule has 0 N–H and O–H groups in total. The molecule has 0 unspecified atom stereocenters. The molecule has 1 aromatic heterocycles. The van der Waals surface area contributed by atoms with Gasteiger partial charge in [-0.3, -0.25) is 0 Å². The zero-order valence-electron chi connectivity index (χ0n) is 12.3. The normalized spacial score (nSPS) is 17.5. The summed E-state index contributed by atoms with van der Waals surface area (Å²) >= 11 is 0. The second-order valence-electron chi connectivity index (χ2n) is 5.26. The fourth-order valence-electron chi connectivity index (χ4n) is 2.68. The molecule has 0 radical (unpaired) electrons. The molecule has 118 valence electrons. The molecule has 2 heterocycles. The first-order valence-corrected chi connectivity index (χ1v) is 8.61. The second kappa shape index (κ2) is 6.10. The Morgan fingerprint density at radius 1 is 1.23 bits per heavy atom. The number of nitrogens with zero attached hydrogens (tertiary/aromatic N) is 2. The summed E-state index contributed by atoms with van der Waals surface area (Å²) in [5, 5.41) is 3.80. The highest BCUT2D eigenvalue weighted by molar-refractivity contribution is 7.89. The third kappa shape index (κ3) is 2.86. The summed E-state index contributed by atoms with van der Waals surface area (Å²) in [5.74, 6) is 1.39. The zero-order valence-corrected chi connectivity index (χ0v) is 13.1. The van der Waals surface area contributed by atoms with E-state index in [0.29, 0.717) is 36.7 Å². The van der Waals surface area contributed by atoms with E-state index in [1.807, 2.05) is 6.07 Å². The van der Waals surface area contributed by atoms with Crippen molar-refractivity contribution < 1.29 is 17.7 Å². The van der Waals surface area contributed by atoms with Crippen molar-refractivity contribution in [3.8, 4) is 5.88 Å². The SMILES string of the molecule is COc1cc(C2CCN(S(=O)(=O)c3ccccc3)CC2)on1. The lowest BCUT2D eigenvalue weighted by atomic mass is 9.96. The lowest BCUT2D eigenvalue weighted by molar-refractivity contribution is 0.269. The van der Waals surface area contributed by atoms with Crippen molar-refractivity contribution in [1.29, 1.82) is 0 Å². The third-order valence-electron chi connectivity index (χ3n) is 3.95. The molecule has 0 aliphatic carbocycles. The monoisotopic (exact) mass is 322 g/mol. The number of aromatic nitrogens is 1. The van der Waals surface area contributed by atoms with Gasteiger partial charge in [0.1, 0.15) is 5.76 Å². The number of ether oxygens (including phenoxy) is 1. The minimum absolute atomic E-state index is 0.179. The Bertz CT molecular complexity index is 719. The number of benzene rings is 1. The fourth-order valence-corrected chi connectivity index (χ4v) is 4.17. The van der Waals surface area contributed by atoms with Crippen molar-refractivity contribution in [3.63, 3.8) is 0 Å². The quantitative estimate of drug-likeness (QED) is 0.863. The minimum Gasteiger partial charge on any atom is -0.479 e. The van der Waals surface area contributed by atoms with Crippen LogP contribution in [0.15, 0.2) is 45.8 Å². The van der Waals surface area contributed by atoms with Crippen LogP contribution in [0.3, 0.4) is 0 Å². The molecule has 0 atom stereocenters. The first-order valence-electron chi connectivity index (χ1n) is 7.17. The lowest BCUT2D eigenvalue weighted by Crippen LogP contribution is -2.37. The number of hydrogen-bond acceptors (Lipinski definition) is 5. The number of piperidine rings is 1. The average molecular weight is 322 g/mol. The van der Waals surface area contributed by atoms with Crippen LogP contribution in [0.2, 0.25) is 0 Å². The van der Waals surface area contributed by atoms with E-state index in [2.05, 4.69) is 5.16 Å². The van der Waals surface area contributed by atoms with E-state index in [9.17, 15) is 8.42 Å². The zero-order chi connectivity index (χ0) is 15.6. The number of methoxy groups -OCH3 is 1. The van der Waals surface area contributed by atoms with Crippen molar-refractivity contribution in [2.24, 2.45) is 0 Å². The van der Waals surface area contributed by atoms with E-state index in [1.165, 1.54) is 11.4 Å². The predicted octanol–water partition coefficient (Wildman–Crippen LogP) is 2.25. The Balaban J connectivity index is 1.69. The van der Waals surface area contributed by atoms with Crippen LogP contribution in [-0.4, -0.2) is 38.1 Å². The van der Waals surface area contributed by atoms with Gasteiger partial charge in [0.2, 0.25) is 10.0 Å². The summed E-state index contributed by atoms with van der Waals surface area (Å²) < 4.78 is 36.9.